The summed E-state index contributed by atoms with van der Waals surface area (Å²) in [6, 6.07) is 9.82. The van der Waals surface area contributed by atoms with Crippen LogP contribution in [0.3, 0.4) is 0 Å². The predicted octanol–water partition coefficient (Wildman–Crippen LogP) is 3.31. The lowest BCUT2D eigenvalue weighted by Crippen LogP contribution is -2.55. The van der Waals surface area contributed by atoms with Gasteiger partial charge in [0.15, 0.2) is 6.10 Å². The van der Waals surface area contributed by atoms with E-state index >= 15 is 0 Å². The van der Waals surface area contributed by atoms with Crippen molar-refractivity contribution in [1.29, 1.82) is 0 Å². The van der Waals surface area contributed by atoms with Crippen LogP contribution in [-0.2, 0) is 33.3 Å². The third-order valence-corrected chi connectivity index (χ3v) is 4.99. The zero-order valence-corrected chi connectivity index (χ0v) is 20.0. The van der Waals surface area contributed by atoms with Crippen molar-refractivity contribution in [2.24, 2.45) is 0 Å². The summed E-state index contributed by atoms with van der Waals surface area (Å²) < 4.78 is 43.5. The number of aliphatic hydroxyl groups excluding tert-OH is 1. The molecular weight excluding hydrogens is 481 g/mol. The zero-order valence-electron chi connectivity index (χ0n) is 20.0. The molecule has 4 N–H and O–H groups in total. The van der Waals surface area contributed by atoms with Crippen molar-refractivity contribution in [2.75, 3.05) is 0 Å². The maximum atomic E-state index is 12.8. The van der Waals surface area contributed by atoms with E-state index in [-0.39, 0.29) is 18.4 Å². The van der Waals surface area contributed by atoms with Crippen molar-refractivity contribution in [1.82, 2.24) is 10.6 Å². The van der Waals surface area contributed by atoms with E-state index in [0.717, 1.165) is 24.3 Å². The summed E-state index contributed by atoms with van der Waals surface area (Å²) in [6.45, 7) is 4.92. The van der Waals surface area contributed by atoms with Crippen LogP contribution in [0.2, 0.25) is 0 Å². The summed E-state index contributed by atoms with van der Waals surface area (Å²) in [7, 11) is 0. The lowest BCUT2D eigenvalue weighted by Gasteiger charge is -2.27. The minimum atomic E-state index is -4.54. The number of halogens is 3. The molecule has 0 fully saturated rings. The fraction of sp³-hybridized carbons (Fsp3) is 0.400. The zero-order chi connectivity index (χ0) is 27.1. The highest BCUT2D eigenvalue weighted by molar-refractivity contribution is 5.87. The van der Waals surface area contributed by atoms with Gasteiger partial charge in [-0.05, 0) is 50.5 Å². The molecule has 0 radical (unpaired) electrons. The second kappa shape index (κ2) is 11.9. The van der Waals surface area contributed by atoms with E-state index in [1.54, 1.807) is 51.1 Å². The van der Waals surface area contributed by atoms with Crippen molar-refractivity contribution >= 4 is 18.0 Å². The van der Waals surface area contributed by atoms with E-state index in [4.69, 9.17) is 4.74 Å². The molecule has 8 nitrogen and oxygen atoms in total. The Hall–Kier alpha value is -3.60. The maximum Gasteiger partial charge on any atom is 0.416 e. The van der Waals surface area contributed by atoms with Gasteiger partial charge in [0.1, 0.15) is 11.6 Å². The van der Waals surface area contributed by atoms with Crippen LogP contribution in [0.4, 0.5) is 18.0 Å². The Balaban J connectivity index is 2.15. The van der Waals surface area contributed by atoms with Gasteiger partial charge in [-0.2, -0.15) is 13.2 Å². The number of rotatable bonds is 9. The van der Waals surface area contributed by atoms with Gasteiger partial charge < -0.3 is 25.6 Å². The number of aliphatic carboxylic acids is 1. The number of carboxylic acids is 1. The Kier molecular flexibility index (Phi) is 9.46. The molecule has 3 atom stereocenters. The molecule has 2 rings (SSSR count). The number of hydrogen-bond acceptors (Lipinski definition) is 5. The van der Waals surface area contributed by atoms with Crippen LogP contribution in [0.25, 0.3) is 0 Å². The number of hydrogen-bond donors (Lipinski definition) is 4. The summed E-state index contributed by atoms with van der Waals surface area (Å²) >= 11 is 0. The number of aliphatic hydroxyl groups is 1. The number of ether oxygens (including phenoxy) is 1. The van der Waals surface area contributed by atoms with Gasteiger partial charge >= 0.3 is 18.2 Å². The van der Waals surface area contributed by atoms with Gasteiger partial charge in [-0.1, -0.05) is 42.5 Å². The largest absolute Gasteiger partial charge is 0.480 e. The summed E-state index contributed by atoms with van der Waals surface area (Å²) in [5, 5.41) is 24.9. The summed E-state index contributed by atoms with van der Waals surface area (Å²) in [6.07, 6.45) is -7.57. The third kappa shape index (κ3) is 9.21. The first-order valence-electron chi connectivity index (χ1n) is 11.1. The Bertz CT molecular complexity index is 1040. The van der Waals surface area contributed by atoms with Gasteiger partial charge in [-0.3, -0.25) is 4.79 Å². The number of nitrogens with one attached hydrogen (secondary N) is 2. The second-order valence-corrected chi connectivity index (χ2v) is 9.19. The normalized spacial score (nSPS) is 14.3. The van der Waals surface area contributed by atoms with Crippen LogP contribution in [0.15, 0.2) is 54.6 Å². The monoisotopic (exact) mass is 510 g/mol. The van der Waals surface area contributed by atoms with Gasteiger partial charge in [0.2, 0.25) is 0 Å². The van der Waals surface area contributed by atoms with Crippen LogP contribution < -0.4 is 10.6 Å². The molecule has 0 saturated heterocycles. The molecule has 2 amide bonds. The van der Waals surface area contributed by atoms with Gasteiger partial charge in [0.05, 0.1) is 11.6 Å². The summed E-state index contributed by atoms with van der Waals surface area (Å²) in [5.74, 6) is -2.53. The molecule has 11 heteroatoms. The molecular formula is C25H29F3N2O6. The second-order valence-electron chi connectivity index (χ2n) is 9.19. The first kappa shape index (κ1) is 28.6. The molecule has 2 aromatic rings. The predicted molar refractivity (Wildman–Crippen MR) is 124 cm³/mol. The van der Waals surface area contributed by atoms with E-state index in [1.165, 1.54) is 0 Å². The maximum absolute atomic E-state index is 12.8. The standard InChI is InChI=1S/C25H29F3N2O6/c1-24(2,3)36-23(35)30-18(13-15-7-5-4-6-8-15)20(31)21(32)29-19(22(33)34)14-16-9-11-17(12-10-16)25(26,27)28/h4-12,18-20,31H,13-14H2,1-3H3,(H,29,32)(H,30,35)(H,33,34)/t18-,19?,20+/m1/s1. The van der Waals surface area contributed by atoms with Crippen LogP contribution in [0.5, 0.6) is 0 Å². The number of alkyl carbamates (subject to hydrolysis) is 1. The molecule has 0 aromatic heterocycles. The van der Waals surface area contributed by atoms with E-state index < -0.39 is 53.5 Å². The van der Waals surface area contributed by atoms with Crippen LogP contribution in [-0.4, -0.2) is 52.0 Å². The number of benzene rings is 2. The van der Waals surface area contributed by atoms with Gasteiger partial charge in [-0.25, -0.2) is 9.59 Å². The topological polar surface area (TPSA) is 125 Å². The quantitative estimate of drug-likeness (QED) is 0.410. The molecule has 1 unspecified atom stereocenters. The van der Waals surface area contributed by atoms with Crippen molar-refractivity contribution in [2.45, 2.75) is 63.6 Å². The Morgan fingerprint density at radius 2 is 1.44 bits per heavy atom. The van der Waals surface area contributed by atoms with Crippen LogP contribution in [0, 0.1) is 0 Å². The van der Waals surface area contributed by atoms with Gasteiger partial charge in [0, 0.05) is 6.42 Å². The van der Waals surface area contributed by atoms with Crippen molar-refractivity contribution < 1.29 is 42.5 Å². The fourth-order valence-corrected chi connectivity index (χ4v) is 3.27. The lowest BCUT2D eigenvalue weighted by molar-refractivity contribution is -0.143. The Morgan fingerprint density at radius 1 is 0.889 bits per heavy atom. The smallest absolute Gasteiger partial charge is 0.416 e. The van der Waals surface area contributed by atoms with Crippen molar-refractivity contribution in [3.05, 3.63) is 71.3 Å². The molecule has 36 heavy (non-hydrogen) atoms. The van der Waals surface area contributed by atoms with Crippen molar-refractivity contribution in [3.8, 4) is 0 Å². The summed E-state index contributed by atoms with van der Waals surface area (Å²) in [5.41, 5.74) is -0.817. The molecule has 0 aliphatic heterocycles. The highest BCUT2D eigenvalue weighted by atomic mass is 19.4. The molecule has 0 spiro atoms. The van der Waals surface area contributed by atoms with E-state index in [0.29, 0.717) is 5.56 Å². The first-order valence-corrected chi connectivity index (χ1v) is 11.1. The molecule has 0 heterocycles. The molecule has 0 aliphatic rings. The van der Waals surface area contributed by atoms with E-state index in [2.05, 4.69) is 10.6 Å². The third-order valence-electron chi connectivity index (χ3n) is 4.99. The Labute approximate surface area is 206 Å². The number of carbonyl (C=O) groups excluding carboxylic acids is 2. The number of carbonyl (C=O) groups is 3. The van der Waals surface area contributed by atoms with Crippen LogP contribution in [0.1, 0.15) is 37.5 Å². The molecule has 0 aliphatic carbocycles. The fourth-order valence-electron chi connectivity index (χ4n) is 3.27. The van der Waals surface area contributed by atoms with E-state index in [1.807, 2.05) is 0 Å². The van der Waals surface area contributed by atoms with Crippen LogP contribution >= 0.6 is 0 Å². The van der Waals surface area contributed by atoms with Gasteiger partial charge in [-0.15, -0.1) is 0 Å². The molecule has 2 aromatic carbocycles. The van der Waals surface area contributed by atoms with E-state index in [9.17, 15) is 37.8 Å². The minimum Gasteiger partial charge on any atom is -0.480 e. The number of alkyl halides is 3. The molecule has 196 valence electrons. The van der Waals surface area contributed by atoms with Gasteiger partial charge in [0.25, 0.3) is 5.91 Å². The highest BCUT2D eigenvalue weighted by Crippen LogP contribution is 2.29. The Morgan fingerprint density at radius 3 is 1.94 bits per heavy atom. The average molecular weight is 511 g/mol. The van der Waals surface area contributed by atoms with Crippen molar-refractivity contribution in [3.63, 3.8) is 0 Å². The molecule has 0 bridgehead atoms. The highest BCUT2D eigenvalue weighted by Gasteiger charge is 2.33. The average Bonchev–Trinajstić information content (AvgIpc) is 2.76. The molecule has 0 saturated carbocycles. The number of carboxylic acid groups (broad SMARTS) is 1. The first-order chi connectivity index (χ1) is 16.7. The summed E-state index contributed by atoms with van der Waals surface area (Å²) in [4.78, 5) is 36.8. The minimum absolute atomic E-state index is 0.0330. The number of amides is 2. The SMILES string of the molecule is CC(C)(C)OC(=O)N[C@H](Cc1ccccc1)[C@H](O)C(=O)NC(Cc1ccc(C(F)(F)F)cc1)C(=O)O. The lowest BCUT2D eigenvalue weighted by atomic mass is 9.99.